The Morgan fingerprint density at radius 3 is 2.53 bits per heavy atom. The summed E-state index contributed by atoms with van der Waals surface area (Å²) in [6.07, 6.45) is 1.48. The molecule has 0 bridgehead atoms. The molecule has 0 aliphatic carbocycles. The van der Waals surface area contributed by atoms with Crippen molar-refractivity contribution in [2.45, 2.75) is 6.92 Å². The first-order chi connectivity index (χ1) is 9.31. The van der Waals surface area contributed by atoms with Crippen molar-refractivity contribution in [3.8, 4) is 10.4 Å². The van der Waals surface area contributed by atoms with Crippen molar-refractivity contribution in [1.29, 1.82) is 0 Å². The van der Waals surface area contributed by atoms with Gasteiger partial charge in [0.05, 0.1) is 6.21 Å². The van der Waals surface area contributed by atoms with Crippen molar-refractivity contribution < 1.29 is 5.21 Å². The summed E-state index contributed by atoms with van der Waals surface area (Å²) in [4.78, 5) is 1.30. The van der Waals surface area contributed by atoms with Gasteiger partial charge in [0.25, 0.3) is 0 Å². The lowest BCUT2D eigenvalue weighted by atomic mass is 9.98. The number of benzene rings is 2. The molecule has 0 unspecified atom stereocenters. The fraction of sp³-hybridized carbons (Fsp3) is 0.0625. The lowest BCUT2D eigenvalue weighted by Gasteiger charge is -2.08. The molecule has 0 aliphatic rings. The van der Waals surface area contributed by atoms with Gasteiger partial charge in [-0.05, 0) is 40.3 Å². The predicted octanol–water partition coefficient (Wildman–Crippen LogP) is 4.68. The topological polar surface area (TPSA) is 32.6 Å². The van der Waals surface area contributed by atoms with Gasteiger partial charge in [0.1, 0.15) is 0 Å². The summed E-state index contributed by atoms with van der Waals surface area (Å²) in [7, 11) is 0. The van der Waals surface area contributed by atoms with E-state index in [4.69, 9.17) is 5.21 Å². The minimum Gasteiger partial charge on any atom is -0.411 e. The van der Waals surface area contributed by atoms with Gasteiger partial charge in [0.15, 0.2) is 0 Å². The van der Waals surface area contributed by atoms with Crippen LogP contribution in [0, 0.1) is 6.92 Å². The van der Waals surface area contributed by atoms with E-state index >= 15 is 0 Å². The van der Waals surface area contributed by atoms with Crippen LogP contribution in [0.15, 0.2) is 53.0 Å². The van der Waals surface area contributed by atoms with Crippen molar-refractivity contribution in [1.82, 2.24) is 0 Å². The summed E-state index contributed by atoms with van der Waals surface area (Å²) in [5, 5.41) is 16.3. The molecule has 0 fully saturated rings. The smallest absolute Gasteiger partial charge is 0.0740 e. The molecule has 94 valence electrons. The molecule has 0 saturated carbocycles. The first kappa shape index (κ1) is 11.9. The average molecular weight is 267 g/mol. The van der Waals surface area contributed by atoms with E-state index in [0.717, 1.165) is 10.9 Å². The third-order valence-electron chi connectivity index (χ3n) is 3.26. The monoisotopic (exact) mass is 267 g/mol. The van der Waals surface area contributed by atoms with E-state index in [1.54, 1.807) is 11.3 Å². The highest BCUT2D eigenvalue weighted by molar-refractivity contribution is 7.13. The highest BCUT2D eigenvalue weighted by Gasteiger charge is 2.09. The van der Waals surface area contributed by atoms with Crippen LogP contribution in [-0.2, 0) is 0 Å². The Morgan fingerprint density at radius 2 is 1.84 bits per heavy atom. The molecule has 3 aromatic rings. The summed E-state index contributed by atoms with van der Waals surface area (Å²) in [5.41, 5.74) is 3.45. The van der Waals surface area contributed by atoms with E-state index < -0.39 is 0 Å². The van der Waals surface area contributed by atoms with E-state index in [1.807, 2.05) is 18.2 Å². The van der Waals surface area contributed by atoms with Gasteiger partial charge >= 0.3 is 0 Å². The standard InChI is InChI=1S/C16H13NOS/c1-11-8-9-19-16(11)15-7-6-12(10-17-18)13-4-2-3-5-14(13)15/h2-10,18H,1H3. The van der Waals surface area contributed by atoms with E-state index in [9.17, 15) is 0 Å². The van der Waals surface area contributed by atoms with Gasteiger partial charge in [-0.2, -0.15) is 0 Å². The first-order valence-electron chi connectivity index (χ1n) is 6.05. The second-order valence-electron chi connectivity index (χ2n) is 4.43. The van der Waals surface area contributed by atoms with Gasteiger partial charge in [0, 0.05) is 10.4 Å². The second-order valence-corrected chi connectivity index (χ2v) is 5.34. The normalized spacial score (nSPS) is 11.4. The Balaban J connectivity index is 2.34. The maximum atomic E-state index is 8.75. The summed E-state index contributed by atoms with van der Waals surface area (Å²) < 4.78 is 0. The van der Waals surface area contributed by atoms with Crippen LogP contribution in [0.2, 0.25) is 0 Å². The highest BCUT2D eigenvalue weighted by atomic mass is 32.1. The quantitative estimate of drug-likeness (QED) is 0.408. The number of rotatable bonds is 2. The summed E-state index contributed by atoms with van der Waals surface area (Å²) >= 11 is 1.75. The molecular formula is C16H13NOS. The van der Waals surface area contributed by atoms with Crippen LogP contribution in [0.25, 0.3) is 21.2 Å². The zero-order valence-electron chi connectivity index (χ0n) is 10.5. The number of aryl methyl sites for hydroxylation is 1. The van der Waals surface area contributed by atoms with Gasteiger partial charge in [-0.3, -0.25) is 0 Å². The number of oxime groups is 1. The molecule has 0 amide bonds. The molecule has 1 N–H and O–H groups in total. The number of hydrogen-bond acceptors (Lipinski definition) is 3. The fourth-order valence-electron chi connectivity index (χ4n) is 2.34. The Kier molecular flexibility index (Phi) is 3.05. The Hall–Kier alpha value is -2.13. The van der Waals surface area contributed by atoms with Gasteiger partial charge in [-0.1, -0.05) is 41.6 Å². The Morgan fingerprint density at radius 1 is 1.05 bits per heavy atom. The van der Waals surface area contributed by atoms with Crippen molar-refractivity contribution >= 4 is 28.3 Å². The van der Waals surface area contributed by atoms with Gasteiger partial charge in [-0.15, -0.1) is 11.3 Å². The number of fused-ring (bicyclic) bond motifs is 1. The lowest BCUT2D eigenvalue weighted by molar-refractivity contribution is 0.322. The highest BCUT2D eigenvalue weighted by Crippen LogP contribution is 2.35. The largest absolute Gasteiger partial charge is 0.411 e. The van der Waals surface area contributed by atoms with Crippen molar-refractivity contribution in [2.75, 3.05) is 0 Å². The molecule has 0 saturated heterocycles. The summed E-state index contributed by atoms with van der Waals surface area (Å²) in [6.45, 7) is 2.13. The van der Waals surface area contributed by atoms with Crippen molar-refractivity contribution in [3.05, 3.63) is 59.0 Å². The van der Waals surface area contributed by atoms with E-state index in [1.165, 1.54) is 27.6 Å². The molecular weight excluding hydrogens is 254 g/mol. The second kappa shape index (κ2) is 4.86. The molecule has 1 heterocycles. The zero-order valence-corrected chi connectivity index (χ0v) is 11.3. The third-order valence-corrected chi connectivity index (χ3v) is 4.31. The molecule has 3 rings (SSSR count). The number of thiophene rings is 1. The number of nitrogens with zero attached hydrogens (tertiary/aromatic N) is 1. The fourth-order valence-corrected chi connectivity index (χ4v) is 3.31. The molecule has 1 aromatic heterocycles. The molecule has 0 spiro atoms. The van der Waals surface area contributed by atoms with Crippen molar-refractivity contribution in [3.63, 3.8) is 0 Å². The zero-order chi connectivity index (χ0) is 13.2. The number of hydrogen-bond donors (Lipinski definition) is 1. The maximum Gasteiger partial charge on any atom is 0.0740 e. The van der Waals surface area contributed by atoms with Gasteiger partial charge in [0.2, 0.25) is 0 Å². The van der Waals surface area contributed by atoms with Gasteiger partial charge in [-0.25, -0.2) is 0 Å². The van der Waals surface area contributed by atoms with E-state index in [-0.39, 0.29) is 0 Å². The van der Waals surface area contributed by atoms with Crippen LogP contribution in [0.3, 0.4) is 0 Å². The molecule has 2 aromatic carbocycles. The summed E-state index contributed by atoms with van der Waals surface area (Å²) in [6, 6.07) is 14.4. The Bertz CT molecular complexity index is 758. The van der Waals surface area contributed by atoms with Crippen LogP contribution >= 0.6 is 11.3 Å². The van der Waals surface area contributed by atoms with Crippen LogP contribution in [0.4, 0.5) is 0 Å². The van der Waals surface area contributed by atoms with Crippen LogP contribution in [0.5, 0.6) is 0 Å². The maximum absolute atomic E-state index is 8.75. The van der Waals surface area contributed by atoms with E-state index in [2.05, 4.69) is 41.7 Å². The molecule has 0 radical (unpaired) electrons. The molecule has 0 aliphatic heterocycles. The molecule has 3 heteroatoms. The van der Waals surface area contributed by atoms with Gasteiger partial charge < -0.3 is 5.21 Å². The lowest BCUT2D eigenvalue weighted by Crippen LogP contribution is -1.87. The van der Waals surface area contributed by atoms with Crippen LogP contribution in [0.1, 0.15) is 11.1 Å². The minimum atomic E-state index is 0.927. The molecule has 0 atom stereocenters. The van der Waals surface area contributed by atoms with Crippen LogP contribution < -0.4 is 0 Å². The first-order valence-corrected chi connectivity index (χ1v) is 6.93. The van der Waals surface area contributed by atoms with Crippen LogP contribution in [-0.4, -0.2) is 11.4 Å². The van der Waals surface area contributed by atoms with E-state index in [0.29, 0.717) is 0 Å². The molecule has 19 heavy (non-hydrogen) atoms. The average Bonchev–Trinajstić information content (AvgIpc) is 2.86. The molecule has 2 nitrogen and oxygen atoms in total. The predicted molar refractivity (Wildman–Crippen MR) is 81.4 cm³/mol. The summed E-state index contributed by atoms with van der Waals surface area (Å²) in [5.74, 6) is 0. The Labute approximate surface area is 115 Å². The third kappa shape index (κ3) is 2.02. The minimum absolute atomic E-state index is 0.927. The SMILES string of the molecule is Cc1ccsc1-c1ccc(C=NO)c2ccccc12. The van der Waals surface area contributed by atoms with Crippen molar-refractivity contribution in [2.24, 2.45) is 5.16 Å².